The number of hydrogen-bond donors (Lipinski definition) is 1. The second-order valence-electron chi connectivity index (χ2n) is 4.02. The third-order valence-corrected chi connectivity index (χ3v) is 3.51. The number of nitrogens with one attached hydrogen (secondary N) is 1. The van der Waals surface area contributed by atoms with Crippen molar-refractivity contribution in [2.24, 2.45) is 11.3 Å². The van der Waals surface area contributed by atoms with Gasteiger partial charge in [-0.2, -0.15) is 10.5 Å². The first kappa shape index (κ1) is 12.6. The van der Waals surface area contributed by atoms with E-state index in [0.717, 1.165) is 5.75 Å². The molecule has 4 nitrogen and oxygen atoms in total. The van der Waals surface area contributed by atoms with E-state index in [1.54, 1.807) is 13.8 Å². The summed E-state index contributed by atoms with van der Waals surface area (Å²) in [6.45, 7) is 5.46. The maximum absolute atomic E-state index is 11.7. The third kappa shape index (κ3) is 1.91. The van der Waals surface area contributed by atoms with Crippen LogP contribution in [0.15, 0.2) is 10.6 Å². The second-order valence-corrected chi connectivity index (χ2v) is 5.30. The minimum absolute atomic E-state index is 0.317. The van der Waals surface area contributed by atoms with Gasteiger partial charge in [-0.25, -0.2) is 0 Å². The number of amides is 1. The van der Waals surface area contributed by atoms with Crippen LogP contribution in [0.25, 0.3) is 0 Å². The second kappa shape index (κ2) is 4.59. The zero-order valence-electron chi connectivity index (χ0n) is 9.50. The van der Waals surface area contributed by atoms with E-state index in [1.807, 2.05) is 13.0 Å². The molecule has 0 saturated heterocycles. The van der Waals surface area contributed by atoms with Crippen LogP contribution < -0.4 is 5.32 Å². The van der Waals surface area contributed by atoms with Crippen molar-refractivity contribution < 1.29 is 4.79 Å². The van der Waals surface area contributed by atoms with E-state index in [0.29, 0.717) is 10.6 Å². The summed E-state index contributed by atoms with van der Waals surface area (Å²) in [7, 11) is 0. The maximum atomic E-state index is 11.7. The molecule has 0 aromatic rings. The topological polar surface area (TPSA) is 76.7 Å². The Bertz CT molecular complexity index is 425. The standard InChI is InChI=1S/C11H13N3OS/c1-4-16-10-8(6-13)11(2,3)7(5-12)9(15)14-10/h7H,4H2,1-3H3,(H,14,15). The highest BCUT2D eigenvalue weighted by Crippen LogP contribution is 2.41. The Hall–Kier alpha value is -1.46. The number of carbonyl (C=O) groups is 1. The number of nitrogens with zero attached hydrogens (tertiary/aromatic N) is 2. The van der Waals surface area contributed by atoms with Crippen LogP contribution in [0.2, 0.25) is 0 Å². The molecule has 1 N–H and O–H groups in total. The Morgan fingerprint density at radius 1 is 1.50 bits per heavy atom. The molecule has 1 aliphatic heterocycles. The molecular weight excluding hydrogens is 222 g/mol. The Kier molecular flexibility index (Phi) is 3.62. The fraction of sp³-hybridized carbons (Fsp3) is 0.545. The summed E-state index contributed by atoms with van der Waals surface area (Å²) in [5.74, 6) is -0.348. The largest absolute Gasteiger partial charge is 0.319 e. The smallest absolute Gasteiger partial charge is 0.243 e. The van der Waals surface area contributed by atoms with E-state index in [9.17, 15) is 4.79 Å². The lowest BCUT2D eigenvalue weighted by atomic mass is 9.72. The van der Waals surface area contributed by atoms with Crippen LogP contribution in [0.5, 0.6) is 0 Å². The van der Waals surface area contributed by atoms with Crippen LogP contribution in [0, 0.1) is 34.0 Å². The molecule has 0 spiro atoms. The zero-order valence-corrected chi connectivity index (χ0v) is 10.3. The minimum atomic E-state index is -0.802. The van der Waals surface area contributed by atoms with Crippen molar-refractivity contribution in [1.29, 1.82) is 10.5 Å². The van der Waals surface area contributed by atoms with Crippen LogP contribution >= 0.6 is 11.8 Å². The summed E-state index contributed by atoms with van der Waals surface area (Å²) >= 11 is 1.42. The number of nitriles is 2. The molecule has 1 rings (SSSR count). The first-order chi connectivity index (χ1) is 7.48. The summed E-state index contributed by atoms with van der Waals surface area (Å²) in [5, 5.41) is 21.3. The van der Waals surface area contributed by atoms with Gasteiger partial charge in [0.15, 0.2) is 0 Å². The van der Waals surface area contributed by atoms with E-state index in [-0.39, 0.29) is 5.91 Å². The average Bonchev–Trinajstić information content (AvgIpc) is 2.17. The molecule has 1 aliphatic rings. The van der Waals surface area contributed by atoms with Crippen molar-refractivity contribution in [2.45, 2.75) is 20.8 Å². The zero-order chi connectivity index (χ0) is 12.3. The van der Waals surface area contributed by atoms with Gasteiger partial charge in [-0.1, -0.05) is 20.8 Å². The number of carbonyl (C=O) groups excluding carboxylic acids is 1. The first-order valence-electron chi connectivity index (χ1n) is 4.97. The molecular formula is C11H13N3OS. The third-order valence-electron chi connectivity index (χ3n) is 2.62. The molecule has 5 heteroatoms. The normalized spacial score (nSPS) is 23.3. The van der Waals surface area contributed by atoms with Crippen molar-refractivity contribution >= 4 is 17.7 Å². The Balaban J connectivity index is 3.29. The molecule has 84 valence electrons. The van der Waals surface area contributed by atoms with Gasteiger partial charge < -0.3 is 5.32 Å². The number of allylic oxidation sites excluding steroid dienone is 1. The number of rotatable bonds is 2. The highest BCUT2D eigenvalue weighted by atomic mass is 32.2. The van der Waals surface area contributed by atoms with Gasteiger partial charge in [0, 0.05) is 5.41 Å². The first-order valence-corrected chi connectivity index (χ1v) is 5.95. The molecule has 1 atom stereocenters. The van der Waals surface area contributed by atoms with Gasteiger partial charge in [0.25, 0.3) is 0 Å². The monoisotopic (exact) mass is 235 g/mol. The van der Waals surface area contributed by atoms with Gasteiger partial charge in [0.1, 0.15) is 5.92 Å². The van der Waals surface area contributed by atoms with E-state index < -0.39 is 11.3 Å². The van der Waals surface area contributed by atoms with Crippen molar-refractivity contribution in [1.82, 2.24) is 5.32 Å². The predicted octanol–water partition coefficient (Wildman–Crippen LogP) is 1.77. The molecule has 0 bridgehead atoms. The van der Waals surface area contributed by atoms with Gasteiger partial charge in [0.05, 0.1) is 22.7 Å². The molecule has 0 saturated carbocycles. The lowest BCUT2D eigenvalue weighted by Gasteiger charge is -2.34. The fourth-order valence-electron chi connectivity index (χ4n) is 1.68. The summed E-state index contributed by atoms with van der Waals surface area (Å²) in [6.07, 6.45) is 0. The molecule has 0 aliphatic carbocycles. The van der Waals surface area contributed by atoms with Gasteiger partial charge in [-0.05, 0) is 5.75 Å². The molecule has 0 aromatic heterocycles. The summed E-state index contributed by atoms with van der Waals surface area (Å²) in [5.41, 5.74) is -0.228. The molecule has 1 heterocycles. The summed E-state index contributed by atoms with van der Waals surface area (Å²) in [6, 6.07) is 4.07. The van der Waals surface area contributed by atoms with E-state index in [2.05, 4.69) is 11.4 Å². The van der Waals surface area contributed by atoms with Crippen LogP contribution in [0.3, 0.4) is 0 Å². The molecule has 1 unspecified atom stereocenters. The Labute approximate surface area is 99.3 Å². The average molecular weight is 235 g/mol. The lowest BCUT2D eigenvalue weighted by Crippen LogP contribution is -2.44. The fourth-order valence-corrected chi connectivity index (χ4v) is 2.59. The van der Waals surface area contributed by atoms with E-state index >= 15 is 0 Å². The molecule has 1 amide bonds. The predicted molar refractivity (Wildman–Crippen MR) is 61.8 cm³/mol. The van der Waals surface area contributed by atoms with Gasteiger partial charge in [-0.15, -0.1) is 11.8 Å². The summed E-state index contributed by atoms with van der Waals surface area (Å²) < 4.78 is 0. The van der Waals surface area contributed by atoms with Crippen LogP contribution in [0.1, 0.15) is 20.8 Å². The number of hydrogen-bond acceptors (Lipinski definition) is 4. The Morgan fingerprint density at radius 2 is 2.12 bits per heavy atom. The maximum Gasteiger partial charge on any atom is 0.243 e. The van der Waals surface area contributed by atoms with Gasteiger partial charge in [-0.3, -0.25) is 4.79 Å². The van der Waals surface area contributed by atoms with Crippen LogP contribution in [0.4, 0.5) is 0 Å². The summed E-state index contributed by atoms with van der Waals surface area (Å²) in [4.78, 5) is 11.7. The van der Waals surface area contributed by atoms with E-state index in [4.69, 9.17) is 10.5 Å². The quantitative estimate of drug-likeness (QED) is 0.791. The lowest BCUT2D eigenvalue weighted by molar-refractivity contribution is -0.125. The molecule has 0 aromatic carbocycles. The van der Waals surface area contributed by atoms with Crippen molar-refractivity contribution in [2.75, 3.05) is 5.75 Å². The minimum Gasteiger partial charge on any atom is -0.319 e. The van der Waals surface area contributed by atoms with Gasteiger partial charge in [0.2, 0.25) is 5.91 Å². The molecule has 0 radical (unpaired) electrons. The SMILES string of the molecule is CCSC1=C(C#N)C(C)(C)C(C#N)C(=O)N1. The highest BCUT2D eigenvalue weighted by molar-refractivity contribution is 8.03. The van der Waals surface area contributed by atoms with Crippen molar-refractivity contribution in [3.05, 3.63) is 10.6 Å². The van der Waals surface area contributed by atoms with Crippen molar-refractivity contribution in [3.63, 3.8) is 0 Å². The highest BCUT2D eigenvalue weighted by Gasteiger charge is 2.44. The molecule has 16 heavy (non-hydrogen) atoms. The number of thioether (sulfide) groups is 1. The Morgan fingerprint density at radius 3 is 2.56 bits per heavy atom. The van der Waals surface area contributed by atoms with Gasteiger partial charge >= 0.3 is 0 Å². The van der Waals surface area contributed by atoms with E-state index in [1.165, 1.54) is 11.8 Å². The van der Waals surface area contributed by atoms with Crippen LogP contribution in [-0.2, 0) is 4.79 Å². The molecule has 0 fully saturated rings. The van der Waals surface area contributed by atoms with Crippen LogP contribution in [-0.4, -0.2) is 11.7 Å². The van der Waals surface area contributed by atoms with Crippen molar-refractivity contribution in [3.8, 4) is 12.1 Å².